The van der Waals surface area contributed by atoms with Crippen LogP contribution in [0.4, 0.5) is 0 Å². The zero-order chi connectivity index (χ0) is 15.3. The Morgan fingerprint density at radius 1 is 1.29 bits per heavy atom. The Morgan fingerprint density at radius 2 is 2.10 bits per heavy atom. The second-order valence-electron chi connectivity index (χ2n) is 7.16. The van der Waals surface area contributed by atoms with Crippen LogP contribution in [0.25, 0.3) is 0 Å². The maximum Gasteiger partial charge on any atom is 0.115 e. The second kappa shape index (κ2) is 7.31. The molecule has 1 fully saturated rings. The van der Waals surface area contributed by atoms with Gasteiger partial charge in [-0.3, -0.25) is 0 Å². The monoisotopic (exact) mass is 289 g/mol. The van der Waals surface area contributed by atoms with E-state index in [9.17, 15) is 5.11 Å². The molecule has 21 heavy (non-hydrogen) atoms. The molecule has 1 atom stereocenters. The fourth-order valence-electron chi connectivity index (χ4n) is 3.87. The molecule has 0 amide bonds. The topological polar surface area (TPSA) is 23.5 Å². The minimum absolute atomic E-state index is 0.235. The van der Waals surface area contributed by atoms with E-state index in [-0.39, 0.29) is 5.41 Å². The Bertz CT molecular complexity index is 443. The first-order chi connectivity index (χ1) is 10.1. The molecule has 1 aliphatic rings. The van der Waals surface area contributed by atoms with Crippen LogP contribution in [0.3, 0.4) is 0 Å². The highest BCUT2D eigenvalue weighted by Gasteiger charge is 2.39. The highest BCUT2D eigenvalue weighted by molar-refractivity contribution is 5.34. The lowest BCUT2D eigenvalue weighted by atomic mass is 9.73. The van der Waals surface area contributed by atoms with Gasteiger partial charge in [-0.2, -0.15) is 0 Å². The summed E-state index contributed by atoms with van der Waals surface area (Å²) in [6.45, 7) is 10.5. The van der Waals surface area contributed by atoms with Gasteiger partial charge in [0.2, 0.25) is 0 Å². The van der Waals surface area contributed by atoms with E-state index in [2.05, 4.69) is 31.7 Å². The molecule has 0 radical (unpaired) electrons. The molecular weight excluding hydrogens is 258 g/mol. The molecule has 1 aromatic carbocycles. The third kappa shape index (κ3) is 4.23. The number of aromatic hydroxyl groups is 1. The van der Waals surface area contributed by atoms with Gasteiger partial charge in [0.25, 0.3) is 0 Å². The summed E-state index contributed by atoms with van der Waals surface area (Å²) in [7, 11) is 0. The lowest BCUT2D eigenvalue weighted by Crippen LogP contribution is -2.33. The van der Waals surface area contributed by atoms with E-state index < -0.39 is 0 Å². The highest BCUT2D eigenvalue weighted by atomic mass is 16.3. The molecule has 0 aromatic heterocycles. The maximum absolute atomic E-state index is 9.85. The zero-order valence-corrected chi connectivity index (χ0v) is 13.9. The summed E-state index contributed by atoms with van der Waals surface area (Å²) >= 11 is 0. The predicted octanol–water partition coefficient (Wildman–Crippen LogP) is 4.57. The van der Waals surface area contributed by atoms with Crippen LogP contribution < -0.4 is 0 Å². The van der Waals surface area contributed by atoms with Crippen LogP contribution in [0.1, 0.15) is 58.4 Å². The van der Waals surface area contributed by atoms with E-state index in [1.54, 1.807) is 6.07 Å². The Hall–Kier alpha value is -1.02. The first-order valence-corrected chi connectivity index (χ1v) is 8.57. The number of hydrogen-bond acceptors (Lipinski definition) is 2. The third-order valence-corrected chi connectivity index (χ3v) is 4.77. The molecule has 0 unspecified atom stereocenters. The van der Waals surface area contributed by atoms with Gasteiger partial charge in [0.05, 0.1) is 0 Å². The first-order valence-electron chi connectivity index (χ1n) is 8.57. The SMILES string of the molecule is CCCCCN1CC[C@](CC(C)C)(c2cccc(O)c2)C1. The normalized spacial score (nSPS) is 23.0. The summed E-state index contributed by atoms with van der Waals surface area (Å²) in [5.74, 6) is 1.09. The number of phenolic OH excluding ortho intramolecular Hbond substituents is 1. The van der Waals surface area contributed by atoms with Gasteiger partial charge in [0, 0.05) is 12.0 Å². The van der Waals surface area contributed by atoms with E-state index in [0.717, 1.165) is 6.54 Å². The van der Waals surface area contributed by atoms with Crippen molar-refractivity contribution in [3.8, 4) is 5.75 Å². The van der Waals surface area contributed by atoms with Crippen molar-refractivity contribution in [2.75, 3.05) is 19.6 Å². The summed E-state index contributed by atoms with van der Waals surface area (Å²) in [4.78, 5) is 2.63. The van der Waals surface area contributed by atoms with Crippen molar-refractivity contribution in [1.29, 1.82) is 0 Å². The molecule has 2 heteroatoms. The Labute approximate surface area is 130 Å². The van der Waals surface area contributed by atoms with Crippen molar-refractivity contribution < 1.29 is 5.11 Å². The standard InChI is InChI=1S/C19H31NO/c1-4-5-6-11-20-12-10-19(15-20,14-16(2)3)17-8-7-9-18(21)13-17/h7-9,13,16,21H,4-6,10-12,14-15H2,1-3H3/t19-/m1/s1. The lowest BCUT2D eigenvalue weighted by Gasteiger charge is -2.32. The van der Waals surface area contributed by atoms with Gasteiger partial charge >= 0.3 is 0 Å². The molecule has 1 aromatic rings. The van der Waals surface area contributed by atoms with Crippen molar-refractivity contribution in [2.24, 2.45) is 5.92 Å². The van der Waals surface area contributed by atoms with Crippen LogP contribution >= 0.6 is 0 Å². The fraction of sp³-hybridized carbons (Fsp3) is 0.684. The zero-order valence-electron chi connectivity index (χ0n) is 13.9. The molecule has 1 saturated heterocycles. The smallest absolute Gasteiger partial charge is 0.115 e. The number of rotatable bonds is 7. The van der Waals surface area contributed by atoms with Crippen molar-refractivity contribution in [2.45, 2.75) is 58.3 Å². The van der Waals surface area contributed by atoms with E-state index >= 15 is 0 Å². The number of unbranched alkanes of at least 4 members (excludes halogenated alkanes) is 2. The number of nitrogens with zero attached hydrogens (tertiary/aromatic N) is 1. The molecule has 118 valence electrons. The Morgan fingerprint density at radius 3 is 2.76 bits per heavy atom. The number of hydrogen-bond donors (Lipinski definition) is 1. The number of phenols is 1. The van der Waals surface area contributed by atoms with Crippen molar-refractivity contribution in [1.82, 2.24) is 4.90 Å². The molecule has 0 saturated carbocycles. The molecule has 1 N–H and O–H groups in total. The Balaban J connectivity index is 2.12. The summed E-state index contributed by atoms with van der Waals surface area (Å²) in [6, 6.07) is 7.96. The van der Waals surface area contributed by atoms with Gasteiger partial charge in [-0.05, 0) is 56.0 Å². The predicted molar refractivity (Wildman–Crippen MR) is 89.8 cm³/mol. The minimum Gasteiger partial charge on any atom is -0.508 e. The van der Waals surface area contributed by atoms with Crippen LogP contribution in [0.5, 0.6) is 5.75 Å². The molecule has 1 heterocycles. The van der Waals surface area contributed by atoms with Crippen LogP contribution in [-0.4, -0.2) is 29.6 Å². The third-order valence-electron chi connectivity index (χ3n) is 4.77. The van der Waals surface area contributed by atoms with Crippen LogP contribution in [0.15, 0.2) is 24.3 Å². The average Bonchev–Trinajstić information content (AvgIpc) is 2.83. The maximum atomic E-state index is 9.85. The minimum atomic E-state index is 0.235. The van der Waals surface area contributed by atoms with Gasteiger partial charge in [0.15, 0.2) is 0 Å². The molecule has 2 rings (SSSR count). The second-order valence-corrected chi connectivity index (χ2v) is 7.16. The van der Waals surface area contributed by atoms with Gasteiger partial charge in [-0.25, -0.2) is 0 Å². The summed E-state index contributed by atoms with van der Waals surface area (Å²) in [5.41, 5.74) is 1.56. The quantitative estimate of drug-likeness (QED) is 0.743. The summed E-state index contributed by atoms with van der Waals surface area (Å²) < 4.78 is 0. The van der Waals surface area contributed by atoms with Crippen LogP contribution in [-0.2, 0) is 5.41 Å². The Kier molecular flexibility index (Phi) is 5.69. The van der Waals surface area contributed by atoms with Gasteiger partial charge in [-0.1, -0.05) is 45.7 Å². The van der Waals surface area contributed by atoms with E-state index in [1.807, 2.05) is 12.1 Å². The first kappa shape index (κ1) is 16.4. The van der Waals surface area contributed by atoms with E-state index in [0.29, 0.717) is 11.7 Å². The van der Waals surface area contributed by atoms with Gasteiger partial charge in [0.1, 0.15) is 5.75 Å². The average molecular weight is 289 g/mol. The largest absolute Gasteiger partial charge is 0.508 e. The molecule has 0 bridgehead atoms. The molecule has 0 spiro atoms. The van der Waals surface area contributed by atoms with Crippen LogP contribution in [0, 0.1) is 5.92 Å². The van der Waals surface area contributed by atoms with Gasteiger partial charge in [-0.15, -0.1) is 0 Å². The molecule has 2 nitrogen and oxygen atoms in total. The van der Waals surface area contributed by atoms with Crippen LogP contribution in [0.2, 0.25) is 0 Å². The van der Waals surface area contributed by atoms with Crippen molar-refractivity contribution >= 4 is 0 Å². The van der Waals surface area contributed by atoms with Crippen molar-refractivity contribution in [3.63, 3.8) is 0 Å². The van der Waals surface area contributed by atoms with E-state index in [4.69, 9.17) is 0 Å². The van der Waals surface area contributed by atoms with E-state index in [1.165, 1.54) is 50.8 Å². The molecule has 0 aliphatic carbocycles. The van der Waals surface area contributed by atoms with Gasteiger partial charge < -0.3 is 10.0 Å². The fourth-order valence-corrected chi connectivity index (χ4v) is 3.87. The number of benzene rings is 1. The molecular formula is C19H31NO. The number of likely N-dealkylation sites (tertiary alicyclic amines) is 1. The summed E-state index contributed by atoms with van der Waals surface area (Å²) in [5, 5.41) is 9.85. The lowest BCUT2D eigenvalue weighted by molar-refractivity contribution is 0.281. The van der Waals surface area contributed by atoms with Crippen molar-refractivity contribution in [3.05, 3.63) is 29.8 Å². The molecule has 1 aliphatic heterocycles. The summed E-state index contributed by atoms with van der Waals surface area (Å²) in [6.07, 6.45) is 6.37. The highest BCUT2D eigenvalue weighted by Crippen LogP contribution is 2.41.